The Morgan fingerprint density at radius 1 is 1.17 bits per heavy atom. The zero-order valence-electron chi connectivity index (χ0n) is 12.6. The Kier molecular flexibility index (Phi) is 4.71. The second kappa shape index (κ2) is 6.74. The molecule has 1 aliphatic rings. The third kappa shape index (κ3) is 3.00. The number of hydrogen-bond acceptors (Lipinski definition) is 3. The summed E-state index contributed by atoms with van der Waals surface area (Å²) in [5.41, 5.74) is 0.0306. The Hall–Kier alpha value is -1.82. The average Bonchev–Trinajstić information content (AvgIpc) is 2.57. The van der Waals surface area contributed by atoms with Crippen molar-refractivity contribution in [2.75, 3.05) is 26.3 Å². The van der Waals surface area contributed by atoms with Gasteiger partial charge in [0.05, 0.1) is 13.2 Å². The third-order valence-electron chi connectivity index (χ3n) is 4.36. The van der Waals surface area contributed by atoms with Crippen molar-refractivity contribution in [3.05, 3.63) is 71.3 Å². The highest BCUT2D eigenvalue weighted by atomic mass is 19.1. The summed E-state index contributed by atoms with van der Waals surface area (Å²) in [6.07, 6.45) is 0. The minimum atomic E-state index is -1.08. The van der Waals surface area contributed by atoms with Crippen LogP contribution in [-0.2, 0) is 10.3 Å². The molecule has 122 valence electrons. The molecule has 0 bridgehead atoms. The number of rotatable bonds is 4. The fourth-order valence-electron chi connectivity index (χ4n) is 3.26. The van der Waals surface area contributed by atoms with Crippen LogP contribution in [0.1, 0.15) is 17.0 Å². The normalized spacial score (nSPS) is 22.7. The fraction of sp³-hybridized carbons (Fsp3) is 0.333. The molecule has 0 aliphatic carbocycles. The Balaban J connectivity index is 2.12. The molecule has 2 unspecified atom stereocenters. The number of nitrogens with one attached hydrogen (secondary N) is 1. The van der Waals surface area contributed by atoms with E-state index in [9.17, 15) is 13.9 Å². The van der Waals surface area contributed by atoms with Gasteiger partial charge >= 0.3 is 0 Å². The molecule has 2 N–H and O–H groups in total. The van der Waals surface area contributed by atoms with Crippen LogP contribution in [0, 0.1) is 11.6 Å². The topological polar surface area (TPSA) is 41.5 Å². The van der Waals surface area contributed by atoms with Crippen LogP contribution in [0.3, 0.4) is 0 Å². The first-order chi connectivity index (χ1) is 11.2. The molecule has 3 rings (SSSR count). The van der Waals surface area contributed by atoms with Gasteiger partial charge in [0, 0.05) is 30.6 Å². The summed E-state index contributed by atoms with van der Waals surface area (Å²) in [5.74, 6) is -1.76. The number of aliphatic hydroxyl groups excluding tert-OH is 1. The molecule has 1 fully saturated rings. The highest BCUT2D eigenvalue weighted by Gasteiger charge is 2.45. The molecule has 1 heterocycles. The molecule has 2 atom stereocenters. The van der Waals surface area contributed by atoms with Crippen molar-refractivity contribution in [2.24, 2.45) is 0 Å². The van der Waals surface area contributed by atoms with E-state index < -0.39 is 23.2 Å². The van der Waals surface area contributed by atoms with E-state index in [0.29, 0.717) is 19.7 Å². The van der Waals surface area contributed by atoms with Crippen molar-refractivity contribution in [3.63, 3.8) is 0 Å². The van der Waals surface area contributed by atoms with Crippen LogP contribution in [0.5, 0.6) is 0 Å². The molecule has 0 saturated carbocycles. The van der Waals surface area contributed by atoms with Crippen LogP contribution in [0.4, 0.5) is 8.78 Å². The number of hydrogen-bond donors (Lipinski definition) is 2. The smallest absolute Gasteiger partial charge is 0.132 e. The lowest BCUT2D eigenvalue weighted by atomic mass is 9.76. The summed E-state index contributed by atoms with van der Waals surface area (Å²) in [5, 5.41) is 13.2. The van der Waals surface area contributed by atoms with Crippen molar-refractivity contribution < 1.29 is 18.6 Å². The third-order valence-corrected chi connectivity index (χ3v) is 4.36. The Labute approximate surface area is 133 Å². The van der Waals surface area contributed by atoms with Crippen molar-refractivity contribution in [3.8, 4) is 0 Å². The van der Waals surface area contributed by atoms with Crippen LogP contribution in [0.15, 0.2) is 48.5 Å². The molecule has 0 radical (unpaired) electrons. The summed E-state index contributed by atoms with van der Waals surface area (Å²) in [7, 11) is 0. The molecular weight excluding hydrogens is 300 g/mol. The number of ether oxygens (including phenoxy) is 1. The van der Waals surface area contributed by atoms with E-state index in [0.717, 1.165) is 11.6 Å². The van der Waals surface area contributed by atoms with Gasteiger partial charge in [0.2, 0.25) is 0 Å². The fourth-order valence-corrected chi connectivity index (χ4v) is 3.26. The van der Waals surface area contributed by atoms with E-state index >= 15 is 0 Å². The average molecular weight is 319 g/mol. The molecule has 5 heteroatoms. The summed E-state index contributed by atoms with van der Waals surface area (Å²) >= 11 is 0. The number of aliphatic hydroxyl groups is 1. The SMILES string of the molecule is OCC(c1ccccc1)C1(c2ccc(F)cc2F)CNCCO1. The van der Waals surface area contributed by atoms with E-state index in [-0.39, 0.29) is 12.2 Å². The molecule has 2 aromatic carbocycles. The van der Waals surface area contributed by atoms with Gasteiger partial charge in [-0.1, -0.05) is 36.4 Å². The minimum Gasteiger partial charge on any atom is -0.396 e. The van der Waals surface area contributed by atoms with Gasteiger partial charge in [-0.05, 0) is 11.6 Å². The highest BCUT2D eigenvalue weighted by Crippen LogP contribution is 2.42. The predicted molar refractivity (Wildman–Crippen MR) is 83.1 cm³/mol. The predicted octanol–water partition coefficient (Wildman–Crippen LogP) is 2.56. The summed E-state index contributed by atoms with van der Waals surface area (Å²) < 4.78 is 33.8. The van der Waals surface area contributed by atoms with Gasteiger partial charge in [-0.3, -0.25) is 0 Å². The number of morpholine rings is 1. The molecule has 1 saturated heterocycles. The summed E-state index contributed by atoms with van der Waals surface area (Å²) in [6.45, 7) is 1.18. The van der Waals surface area contributed by atoms with Gasteiger partial charge in [0.1, 0.15) is 17.2 Å². The standard InChI is InChI=1S/C18H19F2NO2/c19-14-6-7-15(17(20)10-14)18(12-21-8-9-23-18)16(11-22)13-4-2-1-3-5-13/h1-7,10,16,21-22H,8-9,11-12H2. The Morgan fingerprint density at radius 2 is 1.96 bits per heavy atom. The lowest BCUT2D eigenvalue weighted by molar-refractivity contribution is -0.101. The van der Waals surface area contributed by atoms with Crippen LogP contribution in [0.25, 0.3) is 0 Å². The van der Waals surface area contributed by atoms with Gasteiger partial charge in [-0.2, -0.15) is 0 Å². The Morgan fingerprint density at radius 3 is 2.57 bits per heavy atom. The van der Waals surface area contributed by atoms with Crippen molar-refractivity contribution in [1.82, 2.24) is 5.32 Å². The van der Waals surface area contributed by atoms with Gasteiger partial charge in [0.25, 0.3) is 0 Å². The second-order valence-electron chi connectivity index (χ2n) is 5.68. The van der Waals surface area contributed by atoms with Crippen molar-refractivity contribution in [2.45, 2.75) is 11.5 Å². The van der Waals surface area contributed by atoms with E-state index in [4.69, 9.17) is 4.74 Å². The summed E-state index contributed by atoms with van der Waals surface area (Å²) in [6, 6.07) is 12.8. The molecule has 0 amide bonds. The van der Waals surface area contributed by atoms with Crippen molar-refractivity contribution >= 4 is 0 Å². The molecule has 0 aromatic heterocycles. The quantitative estimate of drug-likeness (QED) is 0.910. The summed E-state index contributed by atoms with van der Waals surface area (Å²) in [4.78, 5) is 0. The zero-order valence-corrected chi connectivity index (χ0v) is 12.6. The number of benzene rings is 2. The zero-order chi connectivity index (χ0) is 16.3. The maximum absolute atomic E-state index is 14.5. The van der Waals surface area contributed by atoms with Crippen LogP contribution in [0.2, 0.25) is 0 Å². The molecule has 1 aliphatic heterocycles. The van der Waals surface area contributed by atoms with E-state index in [1.54, 1.807) is 0 Å². The first-order valence-corrected chi connectivity index (χ1v) is 7.63. The van der Waals surface area contributed by atoms with Gasteiger partial charge in [-0.15, -0.1) is 0 Å². The van der Waals surface area contributed by atoms with E-state index in [1.807, 2.05) is 30.3 Å². The molecule has 23 heavy (non-hydrogen) atoms. The van der Waals surface area contributed by atoms with Crippen LogP contribution in [-0.4, -0.2) is 31.4 Å². The second-order valence-corrected chi connectivity index (χ2v) is 5.68. The van der Waals surface area contributed by atoms with Crippen molar-refractivity contribution in [1.29, 1.82) is 0 Å². The molecule has 0 spiro atoms. The minimum absolute atomic E-state index is 0.206. The lowest BCUT2D eigenvalue weighted by Crippen LogP contribution is -2.52. The Bertz CT molecular complexity index is 657. The monoisotopic (exact) mass is 319 g/mol. The first-order valence-electron chi connectivity index (χ1n) is 7.63. The van der Waals surface area contributed by atoms with Crippen LogP contribution >= 0.6 is 0 Å². The molecule has 3 nitrogen and oxygen atoms in total. The largest absolute Gasteiger partial charge is 0.396 e. The van der Waals surface area contributed by atoms with E-state index in [2.05, 4.69) is 5.32 Å². The number of halogens is 2. The van der Waals surface area contributed by atoms with Crippen LogP contribution < -0.4 is 5.32 Å². The van der Waals surface area contributed by atoms with Gasteiger partial charge in [0.15, 0.2) is 0 Å². The maximum atomic E-state index is 14.5. The lowest BCUT2D eigenvalue weighted by Gasteiger charge is -2.43. The first kappa shape index (κ1) is 16.1. The molecule has 2 aromatic rings. The van der Waals surface area contributed by atoms with Gasteiger partial charge in [-0.25, -0.2) is 8.78 Å². The van der Waals surface area contributed by atoms with Gasteiger partial charge < -0.3 is 15.2 Å². The van der Waals surface area contributed by atoms with E-state index in [1.165, 1.54) is 12.1 Å². The highest BCUT2D eigenvalue weighted by molar-refractivity contribution is 5.34. The maximum Gasteiger partial charge on any atom is 0.132 e. The molecular formula is C18H19F2NO2.